The molecule has 1 atom stereocenters. The number of benzene rings is 1. The van der Waals surface area contributed by atoms with Crippen LogP contribution in [0.15, 0.2) is 18.2 Å². The Morgan fingerprint density at radius 2 is 2.10 bits per heavy atom. The molecular formula is C13H13F3N2O2. The van der Waals surface area contributed by atoms with E-state index in [-0.39, 0.29) is 16.6 Å². The zero-order valence-electron chi connectivity index (χ0n) is 10.9. The molecule has 0 saturated carbocycles. The molecule has 2 aromatic rings. The molecular weight excluding hydrogens is 273 g/mol. The highest BCUT2D eigenvalue weighted by Crippen LogP contribution is 2.34. The lowest BCUT2D eigenvalue weighted by atomic mass is 10.2. The minimum absolute atomic E-state index is 0.0596. The molecule has 1 unspecified atom stereocenters. The summed E-state index contributed by atoms with van der Waals surface area (Å²) in [5.74, 6) is -2.18. The Kier molecular flexibility index (Phi) is 3.45. The lowest BCUT2D eigenvalue weighted by Gasteiger charge is -2.17. The number of fused-ring (bicyclic) bond motifs is 1. The Morgan fingerprint density at radius 3 is 2.60 bits per heavy atom. The maximum Gasteiger partial charge on any atom is 0.449 e. The van der Waals surface area contributed by atoms with Gasteiger partial charge in [-0.3, -0.25) is 0 Å². The fourth-order valence-electron chi connectivity index (χ4n) is 2.05. The molecule has 0 fully saturated rings. The SMILES string of the molecule is CCC(C)n1c(C(F)(F)F)nc2ccc(C(=O)O)cc21. The summed E-state index contributed by atoms with van der Waals surface area (Å²) in [5, 5.41) is 8.95. The summed E-state index contributed by atoms with van der Waals surface area (Å²) in [5.41, 5.74) is 0.268. The normalized spacial score (nSPS) is 13.7. The first kappa shape index (κ1) is 14.4. The average Bonchev–Trinajstić information content (AvgIpc) is 2.75. The van der Waals surface area contributed by atoms with Crippen molar-refractivity contribution in [3.05, 3.63) is 29.6 Å². The Morgan fingerprint density at radius 1 is 1.45 bits per heavy atom. The van der Waals surface area contributed by atoms with E-state index in [9.17, 15) is 18.0 Å². The number of hydrogen-bond acceptors (Lipinski definition) is 2. The molecule has 0 aliphatic carbocycles. The molecule has 1 heterocycles. The van der Waals surface area contributed by atoms with Crippen LogP contribution in [-0.2, 0) is 6.18 Å². The van der Waals surface area contributed by atoms with Gasteiger partial charge in [0.15, 0.2) is 0 Å². The van der Waals surface area contributed by atoms with Gasteiger partial charge >= 0.3 is 12.1 Å². The van der Waals surface area contributed by atoms with Gasteiger partial charge in [-0.05, 0) is 31.5 Å². The van der Waals surface area contributed by atoms with Crippen LogP contribution in [0.2, 0.25) is 0 Å². The third-order valence-corrected chi connectivity index (χ3v) is 3.22. The second-order valence-corrected chi connectivity index (χ2v) is 4.57. The maximum atomic E-state index is 13.0. The van der Waals surface area contributed by atoms with E-state index >= 15 is 0 Å². The standard InChI is InChI=1S/C13H13F3N2O2/c1-3-7(2)18-10-6-8(11(19)20)4-5-9(10)17-12(18)13(14,15)16/h4-7H,3H2,1-2H3,(H,19,20). The molecule has 1 aromatic heterocycles. The van der Waals surface area contributed by atoms with E-state index in [1.54, 1.807) is 13.8 Å². The molecule has 4 nitrogen and oxygen atoms in total. The summed E-state index contributed by atoms with van der Waals surface area (Å²) in [6.45, 7) is 3.40. The van der Waals surface area contributed by atoms with Gasteiger partial charge in [0.1, 0.15) is 0 Å². The number of nitrogens with zero attached hydrogens (tertiary/aromatic N) is 2. The number of alkyl halides is 3. The fraction of sp³-hybridized carbons (Fsp3) is 0.385. The predicted molar refractivity (Wildman–Crippen MR) is 66.7 cm³/mol. The van der Waals surface area contributed by atoms with Crippen molar-refractivity contribution in [2.45, 2.75) is 32.5 Å². The molecule has 0 bridgehead atoms. The molecule has 7 heteroatoms. The molecule has 1 N–H and O–H groups in total. The third kappa shape index (κ3) is 2.35. The van der Waals surface area contributed by atoms with E-state index in [1.165, 1.54) is 18.2 Å². The molecule has 0 aliphatic heterocycles. The zero-order chi connectivity index (χ0) is 15.1. The van der Waals surface area contributed by atoms with Crippen molar-refractivity contribution < 1.29 is 23.1 Å². The topological polar surface area (TPSA) is 55.1 Å². The molecule has 0 aliphatic rings. The number of halogens is 3. The van der Waals surface area contributed by atoms with Crippen molar-refractivity contribution in [3.8, 4) is 0 Å². The third-order valence-electron chi connectivity index (χ3n) is 3.22. The van der Waals surface area contributed by atoms with E-state index in [0.717, 1.165) is 4.57 Å². The van der Waals surface area contributed by atoms with Crippen molar-refractivity contribution in [3.63, 3.8) is 0 Å². The van der Waals surface area contributed by atoms with Crippen LogP contribution in [0.25, 0.3) is 11.0 Å². The van der Waals surface area contributed by atoms with Crippen molar-refractivity contribution in [2.75, 3.05) is 0 Å². The lowest BCUT2D eigenvalue weighted by Crippen LogP contribution is -2.17. The second kappa shape index (κ2) is 4.81. The summed E-state index contributed by atoms with van der Waals surface area (Å²) in [6.07, 6.45) is -4.10. The number of rotatable bonds is 3. The van der Waals surface area contributed by atoms with Crippen molar-refractivity contribution in [1.29, 1.82) is 0 Å². The molecule has 108 valence electrons. The highest BCUT2D eigenvalue weighted by atomic mass is 19.4. The van der Waals surface area contributed by atoms with Crippen LogP contribution >= 0.6 is 0 Å². The minimum Gasteiger partial charge on any atom is -0.478 e. The Bertz CT molecular complexity index is 661. The first-order chi connectivity index (χ1) is 9.25. The van der Waals surface area contributed by atoms with Crippen LogP contribution in [0.4, 0.5) is 13.2 Å². The number of imidazole rings is 1. The number of carboxylic acid groups (broad SMARTS) is 1. The lowest BCUT2D eigenvalue weighted by molar-refractivity contribution is -0.147. The van der Waals surface area contributed by atoms with E-state index in [2.05, 4.69) is 4.98 Å². The van der Waals surface area contributed by atoms with Gasteiger partial charge in [-0.1, -0.05) is 6.92 Å². The highest BCUT2D eigenvalue weighted by molar-refractivity contribution is 5.92. The molecule has 20 heavy (non-hydrogen) atoms. The van der Waals surface area contributed by atoms with Gasteiger partial charge in [0, 0.05) is 6.04 Å². The van der Waals surface area contributed by atoms with E-state index in [1.807, 2.05) is 0 Å². The van der Waals surface area contributed by atoms with Gasteiger partial charge in [-0.15, -0.1) is 0 Å². The van der Waals surface area contributed by atoms with Crippen LogP contribution in [0.3, 0.4) is 0 Å². The number of carbonyl (C=O) groups is 1. The monoisotopic (exact) mass is 286 g/mol. The largest absolute Gasteiger partial charge is 0.478 e. The van der Waals surface area contributed by atoms with Crippen LogP contribution in [0.1, 0.15) is 42.5 Å². The summed E-state index contributed by atoms with van der Waals surface area (Å²) in [6, 6.07) is 3.35. The first-order valence-electron chi connectivity index (χ1n) is 6.08. The quantitative estimate of drug-likeness (QED) is 0.935. The van der Waals surface area contributed by atoms with Gasteiger partial charge in [-0.25, -0.2) is 9.78 Å². The molecule has 0 spiro atoms. The van der Waals surface area contributed by atoms with Crippen LogP contribution < -0.4 is 0 Å². The average molecular weight is 286 g/mol. The molecule has 2 rings (SSSR count). The molecule has 1 aromatic carbocycles. The second-order valence-electron chi connectivity index (χ2n) is 4.57. The van der Waals surface area contributed by atoms with E-state index in [0.29, 0.717) is 6.42 Å². The Hall–Kier alpha value is -2.05. The maximum absolute atomic E-state index is 13.0. The van der Waals surface area contributed by atoms with Crippen LogP contribution in [0, 0.1) is 0 Å². The van der Waals surface area contributed by atoms with Crippen molar-refractivity contribution in [2.24, 2.45) is 0 Å². The highest BCUT2D eigenvalue weighted by Gasteiger charge is 2.38. The minimum atomic E-state index is -4.58. The van der Waals surface area contributed by atoms with Gasteiger partial charge in [0.2, 0.25) is 5.82 Å². The van der Waals surface area contributed by atoms with Crippen LogP contribution in [0.5, 0.6) is 0 Å². The molecule has 0 saturated heterocycles. The zero-order valence-corrected chi connectivity index (χ0v) is 10.9. The molecule has 0 radical (unpaired) electrons. The summed E-state index contributed by atoms with van der Waals surface area (Å²) < 4.78 is 40.2. The fourth-order valence-corrected chi connectivity index (χ4v) is 2.05. The predicted octanol–water partition coefficient (Wildman–Crippen LogP) is 3.72. The number of aromatic nitrogens is 2. The van der Waals surface area contributed by atoms with E-state index < -0.39 is 24.0 Å². The van der Waals surface area contributed by atoms with E-state index in [4.69, 9.17) is 5.11 Å². The van der Waals surface area contributed by atoms with Crippen molar-refractivity contribution in [1.82, 2.24) is 9.55 Å². The van der Waals surface area contributed by atoms with Crippen LogP contribution in [-0.4, -0.2) is 20.6 Å². The first-order valence-corrected chi connectivity index (χ1v) is 6.08. The van der Waals surface area contributed by atoms with Gasteiger partial charge in [0.05, 0.1) is 16.6 Å². The number of carboxylic acids is 1. The summed E-state index contributed by atoms with van der Waals surface area (Å²) in [4.78, 5) is 14.5. The van der Waals surface area contributed by atoms with Crippen molar-refractivity contribution >= 4 is 17.0 Å². The summed E-state index contributed by atoms with van der Waals surface area (Å²) in [7, 11) is 0. The number of hydrogen-bond donors (Lipinski definition) is 1. The molecule has 0 amide bonds. The summed E-state index contributed by atoms with van der Waals surface area (Å²) >= 11 is 0. The number of aromatic carboxylic acids is 1. The Balaban J connectivity index is 2.78. The van der Waals surface area contributed by atoms with Gasteiger partial charge in [0.25, 0.3) is 0 Å². The van der Waals surface area contributed by atoms with Gasteiger partial charge < -0.3 is 9.67 Å². The van der Waals surface area contributed by atoms with Gasteiger partial charge in [-0.2, -0.15) is 13.2 Å². The smallest absolute Gasteiger partial charge is 0.449 e. The Labute approximate surface area is 112 Å².